The Labute approximate surface area is 91.7 Å². The lowest BCUT2D eigenvalue weighted by Gasteiger charge is -2.37. The van der Waals surface area contributed by atoms with E-state index in [4.69, 9.17) is 11.6 Å². The van der Waals surface area contributed by atoms with E-state index in [1.807, 2.05) is 11.8 Å². The maximum atomic E-state index is 11.8. The zero-order valence-corrected chi connectivity index (χ0v) is 9.44. The first-order valence-corrected chi connectivity index (χ1v) is 5.83. The summed E-state index contributed by atoms with van der Waals surface area (Å²) in [7, 11) is 0. The molecule has 76 valence electrons. The van der Waals surface area contributed by atoms with E-state index in [9.17, 15) is 4.79 Å². The molecule has 1 amide bonds. The van der Waals surface area contributed by atoms with Crippen molar-refractivity contribution in [3.8, 4) is 0 Å². The minimum absolute atomic E-state index is 0.0944. The quantitative estimate of drug-likeness (QED) is 0.726. The number of hydrogen-bond donors (Lipinski definition) is 0. The van der Waals surface area contributed by atoms with Crippen LogP contribution in [0.15, 0.2) is 6.20 Å². The van der Waals surface area contributed by atoms with Crippen molar-refractivity contribution < 1.29 is 4.79 Å². The van der Waals surface area contributed by atoms with E-state index in [-0.39, 0.29) is 5.91 Å². The molecule has 2 heterocycles. The molecule has 1 aromatic rings. The summed E-state index contributed by atoms with van der Waals surface area (Å²) in [6.07, 6.45) is 1.65. The van der Waals surface area contributed by atoms with Crippen LogP contribution < -0.4 is 0 Å². The largest absolute Gasteiger partial charge is 0.337 e. The Morgan fingerprint density at radius 2 is 2.50 bits per heavy atom. The lowest BCUT2D eigenvalue weighted by Crippen LogP contribution is -2.50. The fourth-order valence-electron chi connectivity index (χ4n) is 1.45. The van der Waals surface area contributed by atoms with Crippen molar-refractivity contribution in [2.45, 2.75) is 6.92 Å². The Hall–Kier alpha value is -0.610. The standard InChI is InChI=1S/C9H11ClN2OS/c1-6-11-3-8(14-6)9(13)12-4-7(2-10)5-12/h3,7H,2,4-5H2,1H3. The van der Waals surface area contributed by atoms with Gasteiger partial charge in [-0.3, -0.25) is 4.79 Å². The molecule has 1 aromatic heterocycles. The van der Waals surface area contributed by atoms with Crippen LogP contribution in [0.3, 0.4) is 0 Å². The number of rotatable bonds is 2. The SMILES string of the molecule is Cc1ncc(C(=O)N2CC(CCl)C2)s1. The summed E-state index contributed by atoms with van der Waals surface area (Å²) < 4.78 is 0. The molecule has 0 aliphatic carbocycles. The number of aromatic nitrogens is 1. The van der Waals surface area contributed by atoms with E-state index >= 15 is 0 Å². The Kier molecular flexibility index (Phi) is 2.74. The molecule has 0 spiro atoms. The Bertz CT molecular complexity index is 346. The third-order valence-electron chi connectivity index (χ3n) is 2.29. The minimum atomic E-state index is 0.0944. The lowest BCUT2D eigenvalue weighted by atomic mass is 10.0. The second-order valence-electron chi connectivity index (χ2n) is 3.47. The highest BCUT2D eigenvalue weighted by Crippen LogP contribution is 2.22. The monoisotopic (exact) mass is 230 g/mol. The second kappa shape index (κ2) is 3.87. The average Bonchev–Trinajstić information content (AvgIpc) is 2.49. The zero-order valence-electron chi connectivity index (χ0n) is 7.86. The van der Waals surface area contributed by atoms with Crippen LogP contribution in [0.1, 0.15) is 14.7 Å². The van der Waals surface area contributed by atoms with Crippen molar-refractivity contribution in [3.63, 3.8) is 0 Å². The summed E-state index contributed by atoms with van der Waals surface area (Å²) in [6.45, 7) is 3.48. The van der Waals surface area contributed by atoms with Crippen LogP contribution in [0, 0.1) is 12.8 Å². The van der Waals surface area contributed by atoms with Gasteiger partial charge in [0.1, 0.15) is 4.88 Å². The molecule has 0 saturated carbocycles. The van der Waals surface area contributed by atoms with Gasteiger partial charge in [-0.1, -0.05) is 0 Å². The van der Waals surface area contributed by atoms with E-state index in [2.05, 4.69) is 4.98 Å². The van der Waals surface area contributed by atoms with Gasteiger partial charge in [-0.2, -0.15) is 0 Å². The number of alkyl halides is 1. The van der Waals surface area contributed by atoms with Crippen molar-refractivity contribution in [1.82, 2.24) is 9.88 Å². The van der Waals surface area contributed by atoms with E-state index < -0.39 is 0 Å². The molecule has 0 atom stereocenters. The number of amides is 1. The number of hydrogen-bond acceptors (Lipinski definition) is 3. The molecular weight excluding hydrogens is 220 g/mol. The van der Waals surface area contributed by atoms with Gasteiger partial charge in [0.05, 0.1) is 11.2 Å². The van der Waals surface area contributed by atoms with Crippen LogP contribution in [0.25, 0.3) is 0 Å². The van der Waals surface area contributed by atoms with Gasteiger partial charge < -0.3 is 4.90 Å². The molecule has 0 N–H and O–H groups in total. The molecule has 1 fully saturated rings. The predicted molar refractivity (Wildman–Crippen MR) is 57.0 cm³/mol. The summed E-state index contributed by atoms with van der Waals surface area (Å²) in [4.78, 5) is 18.4. The van der Waals surface area contributed by atoms with E-state index in [1.165, 1.54) is 11.3 Å². The fraction of sp³-hybridized carbons (Fsp3) is 0.556. The summed E-state index contributed by atoms with van der Waals surface area (Å²) >= 11 is 7.12. The van der Waals surface area contributed by atoms with Gasteiger partial charge in [-0.05, 0) is 6.92 Å². The van der Waals surface area contributed by atoms with Crippen molar-refractivity contribution >= 4 is 28.8 Å². The summed E-state index contributed by atoms with van der Waals surface area (Å²) in [5.74, 6) is 1.22. The highest BCUT2D eigenvalue weighted by Gasteiger charge is 2.31. The highest BCUT2D eigenvalue weighted by atomic mass is 35.5. The van der Waals surface area contributed by atoms with Gasteiger partial charge in [0, 0.05) is 24.9 Å². The van der Waals surface area contributed by atoms with Gasteiger partial charge >= 0.3 is 0 Å². The number of halogens is 1. The van der Waals surface area contributed by atoms with E-state index in [0.717, 1.165) is 23.0 Å². The maximum Gasteiger partial charge on any atom is 0.265 e. The van der Waals surface area contributed by atoms with Crippen molar-refractivity contribution in [2.75, 3.05) is 19.0 Å². The molecule has 3 nitrogen and oxygen atoms in total. The first-order valence-electron chi connectivity index (χ1n) is 4.48. The molecule has 0 aromatic carbocycles. The average molecular weight is 231 g/mol. The maximum absolute atomic E-state index is 11.8. The number of carbonyl (C=O) groups is 1. The van der Waals surface area contributed by atoms with Crippen LogP contribution in [-0.4, -0.2) is 34.8 Å². The summed E-state index contributed by atoms with van der Waals surface area (Å²) in [5.41, 5.74) is 0. The molecule has 2 rings (SSSR count). The molecule has 0 radical (unpaired) electrons. The molecule has 0 bridgehead atoms. The third-order valence-corrected chi connectivity index (χ3v) is 3.63. The molecule has 14 heavy (non-hydrogen) atoms. The van der Waals surface area contributed by atoms with Crippen molar-refractivity contribution in [3.05, 3.63) is 16.1 Å². The van der Waals surface area contributed by atoms with Crippen molar-refractivity contribution in [1.29, 1.82) is 0 Å². The van der Waals surface area contributed by atoms with Gasteiger partial charge in [0.2, 0.25) is 0 Å². The first-order chi connectivity index (χ1) is 6.70. The zero-order chi connectivity index (χ0) is 10.1. The van der Waals surface area contributed by atoms with Crippen LogP contribution in [-0.2, 0) is 0 Å². The molecule has 1 saturated heterocycles. The van der Waals surface area contributed by atoms with Gasteiger partial charge in [-0.15, -0.1) is 22.9 Å². The molecule has 1 aliphatic heterocycles. The fourth-order valence-corrected chi connectivity index (χ4v) is 2.39. The summed E-state index contributed by atoms with van der Waals surface area (Å²) in [5, 5.41) is 0.933. The van der Waals surface area contributed by atoms with Gasteiger partial charge in [0.15, 0.2) is 0 Å². The second-order valence-corrected chi connectivity index (χ2v) is 5.02. The smallest absolute Gasteiger partial charge is 0.265 e. The topological polar surface area (TPSA) is 33.2 Å². The third kappa shape index (κ3) is 1.77. The Balaban J connectivity index is 1.97. The van der Waals surface area contributed by atoms with Crippen LogP contribution in [0.5, 0.6) is 0 Å². The Morgan fingerprint density at radius 3 is 3.00 bits per heavy atom. The minimum Gasteiger partial charge on any atom is -0.337 e. The van der Waals surface area contributed by atoms with Crippen LogP contribution in [0.2, 0.25) is 0 Å². The molecule has 5 heteroatoms. The number of carbonyl (C=O) groups excluding carboxylic acids is 1. The van der Waals surface area contributed by atoms with Gasteiger partial charge in [0.25, 0.3) is 5.91 Å². The normalized spacial score (nSPS) is 16.9. The van der Waals surface area contributed by atoms with E-state index in [1.54, 1.807) is 6.20 Å². The summed E-state index contributed by atoms with van der Waals surface area (Å²) in [6, 6.07) is 0. The predicted octanol–water partition coefficient (Wildman–Crippen LogP) is 1.76. The number of likely N-dealkylation sites (tertiary alicyclic amines) is 1. The van der Waals surface area contributed by atoms with Crippen molar-refractivity contribution in [2.24, 2.45) is 5.92 Å². The number of aryl methyl sites for hydroxylation is 1. The number of thiazole rings is 1. The first kappa shape index (κ1) is 9.93. The van der Waals surface area contributed by atoms with Gasteiger partial charge in [-0.25, -0.2) is 4.98 Å². The van der Waals surface area contributed by atoms with Crippen LogP contribution >= 0.6 is 22.9 Å². The van der Waals surface area contributed by atoms with E-state index in [0.29, 0.717) is 11.8 Å². The highest BCUT2D eigenvalue weighted by molar-refractivity contribution is 7.13. The Morgan fingerprint density at radius 1 is 1.79 bits per heavy atom. The lowest BCUT2D eigenvalue weighted by molar-refractivity contribution is 0.0540. The van der Waals surface area contributed by atoms with Crippen LogP contribution in [0.4, 0.5) is 0 Å². The number of nitrogens with zero attached hydrogens (tertiary/aromatic N) is 2. The molecular formula is C9H11ClN2OS. The molecule has 1 aliphatic rings. The molecule has 0 unspecified atom stereocenters.